The van der Waals surface area contributed by atoms with Gasteiger partial charge >= 0.3 is 0 Å². The van der Waals surface area contributed by atoms with Gasteiger partial charge in [0.15, 0.2) is 0 Å². The van der Waals surface area contributed by atoms with E-state index in [1.54, 1.807) is 0 Å². The number of aryl methyl sites for hydroxylation is 2. The van der Waals surface area contributed by atoms with Gasteiger partial charge in [-0.25, -0.2) is 0 Å². The lowest BCUT2D eigenvalue weighted by Crippen LogP contribution is -2.01. The van der Waals surface area contributed by atoms with Crippen molar-refractivity contribution in [3.05, 3.63) is 58.9 Å². The summed E-state index contributed by atoms with van der Waals surface area (Å²) in [6, 6.07) is 10.2. The maximum absolute atomic E-state index is 5.87. The van der Waals surface area contributed by atoms with Crippen LogP contribution in [0.25, 0.3) is 0 Å². The molecule has 0 fully saturated rings. The molecule has 2 nitrogen and oxygen atoms in total. The lowest BCUT2D eigenvalue weighted by atomic mass is 10.1. The number of rotatable bonds is 3. The molecule has 2 rings (SSSR count). The first kappa shape index (κ1) is 11.6. The van der Waals surface area contributed by atoms with Crippen LogP contribution in [0.5, 0.6) is 5.75 Å². The summed E-state index contributed by atoms with van der Waals surface area (Å²) >= 11 is 0. The van der Waals surface area contributed by atoms with Gasteiger partial charge in [0.1, 0.15) is 12.4 Å². The molecule has 1 aromatic heterocycles. The Morgan fingerprint density at radius 3 is 2.47 bits per heavy atom. The normalized spacial score (nSPS) is 10.3. The molecule has 1 aromatic carbocycles. The number of pyridine rings is 1. The molecular formula is C15H17NO. The van der Waals surface area contributed by atoms with Gasteiger partial charge in [0, 0.05) is 6.20 Å². The Morgan fingerprint density at radius 2 is 1.76 bits per heavy atom. The molecule has 0 N–H and O–H groups in total. The largest absolute Gasteiger partial charge is 0.487 e. The highest BCUT2D eigenvalue weighted by molar-refractivity contribution is 5.40. The average molecular weight is 227 g/mol. The van der Waals surface area contributed by atoms with Crippen LogP contribution in [-0.4, -0.2) is 4.98 Å². The Hall–Kier alpha value is -1.83. The van der Waals surface area contributed by atoms with Gasteiger partial charge in [-0.15, -0.1) is 0 Å². The molecule has 0 amide bonds. The molecule has 0 radical (unpaired) electrons. The second-order valence-corrected chi connectivity index (χ2v) is 4.26. The first-order valence-corrected chi connectivity index (χ1v) is 5.78. The van der Waals surface area contributed by atoms with Crippen LogP contribution in [-0.2, 0) is 6.61 Å². The Kier molecular flexibility index (Phi) is 3.43. The smallest absolute Gasteiger partial charge is 0.144 e. The van der Waals surface area contributed by atoms with Crippen LogP contribution in [0.4, 0.5) is 0 Å². The number of benzene rings is 1. The summed E-state index contributed by atoms with van der Waals surface area (Å²) in [5.74, 6) is 0.911. The van der Waals surface area contributed by atoms with Crippen molar-refractivity contribution in [2.75, 3.05) is 0 Å². The van der Waals surface area contributed by atoms with E-state index < -0.39 is 0 Å². The summed E-state index contributed by atoms with van der Waals surface area (Å²) in [4.78, 5) is 4.33. The third kappa shape index (κ3) is 2.64. The van der Waals surface area contributed by atoms with Gasteiger partial charge in [-0.3, -0.25) is 4.98 Å². The van der Waals surface area contributed by atoms with E-state index in [0.717, 1.165) is 11.4 Å². The molecule has 88 valence electrons. The first-order chi connectivity index (χ1) is 8.18. The van der Waals surface area contributed by atoms with Crippen molar-refractivity contribution >= 4 is 0 Å². The molecule has 0 saturated carbocycles. The SMILES string of the molecule is Cc1cnc(C)c(OCc2ccccc2)c1C. The Balaban J connectivity index is 2.17. The van der Waals surface area contributed by atoms with Crippen molar-refractivity contribution < 1.29 is 4.74 Å². The molecule has 0 saturated heterocycles. The molecule has 0 atom stereocenters. The fourth-order valence-corrected chi connectivity index (χ4v) is 1.74. The van der Waals surface area contributed by atoms with E-state index in [2.05, 4.69) is 31.0 Å². The molecular weight excluding hydrogens is 210 g/mol. The fourth-order valence-electron chi connectivity index (χ4n) is 1.74. The Labute approximate surface area is 102 Å². The molecule has 17 heavy (non-hydrogen) atoms. The van der Waals surface area contributed by atoms with Crippen molar-refractivity contribution in [1.82, 2.24) is 4.98 Å². The Morgan fingerprint density at radius 1 is 1.06 bits per heavy atom. The van der Waals surface area contributed by atoms with Crippen LogP contribution >= 0.6 is 0 Å². The van der Waals surface area contributed by atoms with E-state index in [1.807, 2.05) is 31.3 Å². The van der Waals surface area contributed by atoms with Crippen LogP contribution in [0.2, 0.25) is 0 Å². The highest BCUT2D eigenvalue weighted by Gasteiger charge is 2.07. The third-order valence-corrected chi connectivity index (χ3v) is 2.94. The van der Waals surface area contributed by atoms with Crippen molar-refractivity contribution in [2.45, 2.75) is 27.4 Å². The summed E-state index contributed by atoms with van der Waals surface area (Å²) in [6.45, 7) is 6.70. The quantitative estimate of drug-likeness (QED) is 0.799. The van der Waals surface area contributed by atoms with Crippen LogP contribution in [0, 0.1) is 20.8 Å². The van der Waals surface area contributed by atoms with Gasteiger partial charge in [-0.1, -0.05) is 30.3 Å². The fraction of sp³-hybridized carbons (Fsp3) is 0.267. The molecule has 0 aliphatic heterocycles. The highest BCUT2D eigenvalue weighted by Crippen LogP contribution is 2.24. The number of hydrogen-bond donors (Lipinski definition) is 0. The van der Waals surface area contributed by atoms with Crippen LogP contribution in [0.1, 0.15) is 22.4 Å². The molecule has 1 heterocycles. The Bertz CT molecular complexity index is 506. The third-order valence-electron chi connectivity index (χ3n) is 2.94. The van der Waals surface area contributed by atoms with Gasteiger partial charge in [0.25, 0.3) is 0 Å². The predicted molar refractivity (Wildman–Crippen MR) is 69.2 cm³/mol. The summed E-state index contributed by atoms with van der Waals surface area (Å²) in [5.41, 5.74) is 4.46. The van der Waals surface area contributed by atoms with Crippen molar-refractivity contribution in [1.29, 1.82) is 0 Å². The lowest BCUT2D eigenvalue weighted by Gasteiger charge is -2.13. The summed E-state index contributed by atoms with van der Waals surface area (Å²) < 4.78 is 5.87. The topological polar surface area (TPSA) is 22.1 Å². The zero-order valence-corrected chi connectivity index (χ0v) is 10.5. The minimum atomic E-state index is 0.591. The number of aromatic nitrogens is 1. The van der Waals surface area contributed by atoms with E-state index >= 15 is 0 Å². The van der Waals surface area contributed by atoms with Crippen molar-refractivity contribution in [2.24, 2.45) is 0 Å². The second-order valence-electron chi connectivity index (χ2n) is 4.26. The summed E-state index contributed by atoms with van der Waals surface area (Å²) in [7, 11) is 0. The van der Waals surface area contributed by atoms with E-state index in [-0.39, 0.29) is 0 Å². The van der Waals surface area contributed by atoms with E-state index in [1.165, 1.54) is 16.7 Å². The molecule has 0 spiro atoms. The van der Waals surface area contributed by atoms with Gasteiger partial charge in [0.05, 0.1) is 5.69 Å². The molecule has 0 unspecified atom stereocenters. The van der Waals surface area contributed by atoms with Gasteiger partial charge < -0.3 is 4.74 Å². The lowest BCUT2D eigenvalue weighted by molar-refractivity contribution is 0.300. The van der Waals surface area contributed by atoms with Crippen LogP contribution < -0.4 is 4.74 Å². The van der Waals surface area contributed by atoms with E-state index in [9.17, 15) is 0 Å². The highest BCUT2D eigenvalue weighted by atomic mass is 16.5. The zero-order chi connectivity index (χ0) is 12.3. The van der Waals surface area contributed by atoms with E-state index in [0.29, 0.717) is 6.61 Å². The van der Waals surface area contributed by atoms with Gasteiger partial charge in [0.2, 0.25) is 0 Å². The molecule has 0 aliphatic rings. The minimum absolute atomic E-state index is 0.591. The second kappa shape index (κ2) is 5.00. The molecule has 2 aromatic rings. The van der Waals surface area contributed by atoms with Crippen LogP contribution in [0.3, 0.4) is 0 Å². The number of ether oxygens (including phenoxy) is 1. The van der Waals surface area contributed by atoms with Gasteiger partial charge in [-0.2, -0.15) is 0 Å². The molecule has 0 aliphatic carbocycles. The van der Waals surface area contributed by atoms with E-state index in [4.69, 9.17) is 4.74 Å². The number of nitrogens with zero attached hydrogens (tertiary/aromatic N) is 1. The first-order valence-electron chi connectivity index (χ1n) is 5.78. The zero-order valence-electron chi connectivity index (χ0n) is 10.5. The maximum Gasteiger partial charge on any atom is 0.144 e. The molecule has 0 bridgehead atoms. The summed E-state index contributed by atoms with van der Waals surface area (Å²) in [5, 5.41) is 0. The minimum Gasteiger partial charge on any atom is -0.487 e. The maximum atomic E-state index is 5.87. The average Bonchev–Trinajstić information content (AvgIpc) is 2.35. The molecule has 2 heteroatoms. The monoisotopic (exact) mass is 227 g/mol. The van der Waals surface area contributed by atoms with Crippen molar-refractivity contribution in [3.8, 4) is 5.75 Å². The number of hydrogen-bond acceptors (Lipinski definition) is 2. The van der Waals surface area contributed by atoms with Gasteiger partial charge in [-0.05, 0) is 37.5 Å². The standard InChI is InChI=1S/C15H17NO/c1-11-9-16-13(3)15(12(11)2)17-10-14-7-5-4-6-8-14/h4-9H,10H2,1-3H3. The summed E-state index contributed by atoms with van der Waals surface area (Å²) in [6.07, 6.45) is 1.89. The van der Waals surface area contributed by atoms with Crippen LogP contribution in [0.15, 0.2) is 36.5 Å². The predicted octanol–water partition coefficient (Wildman–Crippen LogP) is 3.59. The van der Waals surface area contributed by atoms with Crippen molar-refractivity contribution in [3.63, 3.8) is 0 Å².